The number of nitrogens with zero attached hydrogens (tertiary/aromatic N) is 5. The molecule has 1 fully saturated rings. The maximum Gasteiger partial charge on any atom is 0.416 e. The van der Waals surface area contributed by atoms with Gasteiger partial charge in [-0.25, -0.2) is 0 Å². The molecule has 0 bridgehead atoms. The molecule has 162 valence electrons. The maximum absolute atomic E-state index is 12.9. The third kappa shape index (κ3) is 5.10. The Morgan fingerprint density at radius 3 is 2.61 bits per heavy atom. The first-order chi connectivity index (χ1) is 14.8. The Balaban J connectivity index is 1.36. The third-order valence-electron chi connectivity index (χ3n) is 4.89. The van der Waals surface area contributed by atoms with Crippen molar-refractivity contribution in [2.45, 2.75) is 12.7 Å². The highest BCUT2D eigenvalue weighted by Gasteiger charge is 2.31. The Morgan fingerprint density at radius 2 is 1.90 bits per heavy atom. The standard InChI is InChI=1S/C20H17BrF3N5O2/c21-16-9-14(10-25-11-16)19(30)29-6-4-28(5-7-29)12-17-26-18(27-31-17)13-2-1-3-15(8-13)20(22,23)24/h1-3,8-11H,4-7,12H2. The minimum Gasteiger partial charge on any atom is -0.338 e. The molecule has 2 aromatic heterocycles. The van der Waals surface area contributed by atoms with Crippen LogP contribution in [-0.2, 0) is 12.7 Å². The number of hydrogen-bond donors (Lipinski definition) is 0. The number of aromatic nitrogens is 3. The summed E-state index contributed by atoms with van der Waals surface area (Å²) < 4.78 is 44.7. The summed E-state index contributed by atoms with van der Waals surface area (Å²) in [6, 6.07) is 6.54. The Hall–Kier alpha value is -2.79. The van der Waals surface area contributed by atoms with Gasteiger partial charge in [-0.3, -0.25) is 14.7 Å². The second-order valence-electron chi connectivity index (χ2n) is 7.05. The van der Waals surface area contributed by atoms with Crippen LogP contribution < -0.4 is 0 Å². The summed E-state index contributed by atoms with van der Waals surface area (Å²) in [7, 11) is 0. The monoisotopic (exact) mass is 495 g/mol. The molecule has 3 aromatic rings. The molecule has 0 atom stereocenters. The van der Waals surface area contributed by atoms with Crippen molar-refractivity contribution in [2.24, 2.45) is 0 Å². The lowest BCUT2D eigenvalue weighted by molar-refractivity contribution is -0.137. The molecule has 1 aliphatic heterocycles. The average molecular weight is 496 g/mol. The van der Waals surface area contributed by atoms with Gasteiger partial charge >= 0.3 is 6.18 Å². The lowest BCUT2D eigenvalue weighted by Crippen LogP contribution is -2.48. The normalized spacial score (nSPS) is 15.3. The number of pyridine rings is 1. The Labute approximate surface area is 184 Å². The fourth-order valence-corrected chi connectivity index (χ4v) is 3.65. The minimum absolute atomic E-state index is 0.0851. The molecular weight excluding hydrogens is 479 g/mol. The van der Waals surface area contributed by atoms with Crippen LogP contribution in [0.4, 0.5) is 13.2 Å². The highest BCUT2D eigenvalue weighted by atomic mass is 79.9. The molecule has 4 rings (SSSR count). The molecule has 1 saturated heterocycles. The van der Waals surface area contributed by atoms with E-state index in [0.29, 0.717) is 44.2 Å². The first kappa shape index (κ1) is 21.4. The molecule has 1 aliphatic rings. The summed E-state index contributed by atoms with van der Waals surface area (Å²) in [4.78, 5) is 24.7. The quantitative estimate of drug-likeness (QED) is 0.546. The lowest BCUT2D eigenvalue weighted by Gasteiger charge is -2.33. The van der Waals surface area contributed by atoms with Crippen molar-refractivity contribution in [3.63, 3.8) is 0 Å². The molecule has 31 heavy (non-hydrogen) atoms. The summed E-state index contributed by atoms with van der Waals surface area (Å²) in [6.45, 7) is 2.62. The number of halogens is 4. The molecule has 0 N–H and O–H groups in total. The van der Waals surface area contributed by atoms with Crippen molar-refractivity contribution in [1.82, 2.24) is 24.9 Å². The van der Waals surface area contributed by atoms with E-state index >= 15 is 0 Å². The van der Waals surface area contributed by atoms with Gasteiger partial charge < -0.3 is 9.42 Å². The number of piperazine rings is 1. The van der Waals surface area contributed by atoms with Crippen LogP contribution in [0.1, 0.15) is 21.8 Å². The van der Waals surface area contributed by atoms with Gasteiger partial charge in [-0.2, -0.15) is 18.2 Å². The average Bonchev–Trinajstić information content (AvgIpc) is 3.22. The van der Waals surface area contributed by atoms with E-state index in [4.69, 9.17) is 4.52 Å². The van der Waals surface area contributed by atoms with Crippen LogP contribution in [0, 0.1) is 0 Å². The van der Waals surface area contributed by atoms with Gasteiger partial charge in [0.25, 0.3) is 5.91 Å². The van der Waals surface area contributed by atoms with Crippen LogP contribution in [0.15, 0.2) is 51.7 Å². The van der Waals surface area contributed by atoms with Crippen molar-refractivity contribution in [1.29, 1.82) is 0 Å². The van der Waals surface area contributed by atoms with Gasteiger partial charge in [0.05, 0.1) is 17.7 Å². The van der Waals surface area contributed by atoms with Gasteiger partial charge in [0.2, 0.25) is 11.7 Å². The summed E-state index contributed by atoms with van der Waals surface area (Å²) in [5.41, 5.74) is -0.00823. The van der Waals surface area contributed by atoms with E-state index in [1.807, 2.05) is 4.90 Å². The van der Waals surface area contributed by atoms with Crippen molar-refractivity contribution in [3.8, 4) is 11.4 Å². The van der Waals surface area contributed by atoms with Gasteiger partial charge in [0.1, 0.15) is 0 Å². The fourth-order valence-electron chi connectivity index (χ4n) is 3.28. The summed E-state index contributed by atoms with van der Waals surface area (Å²) in [5.74, 6) is 0.332. The van der Waals surface area contributed by atoms with Gasteiger partial charge in [-0.15, -0.1) is 0 Å². The molecular formula is C20H17BrF3N5O2. The van der Waals surface area contributed by atoms with Crippen LogP contribution >= 0.6 is 15.9 Å². The Kier molecular flexibility index (Phi) is 6.05. The van der Waals surface area contributed by atoms with Crippen molar-refractivity contribution >= 4 is 21.8 Å². The van der Waals surface area contributed by atoms with E-state index in [0.717, 1.165) is 16.6 Å². The lowest BCUT2D eigenvalue weighted by atomic mass is 10.1. The second kappa shape index (κ2) is 8.75. The fraction of sp³-hybridized carbons (Fsp3) is 0.300. The molecule has 0 unspecified atom stereocenters. The highest BCUT2D eigenvalue weighted by Crippen LogP contribution is 2.31. The van der Waals surface area contributed by atoms with Gasteiger partial charge in [-0.05, 0) is 34.1 Å². The summed E-state index contributed by atoms with van der Waals surface area (Å²) >= 11 is 3.31. The number of amides is 1. The largest absolute Gasteiger partial charge is 0.416 e. The van der Waals surface area contributed by atoms with Crippen LogP contribution in [0.5, 0.6) is 0 Å². The van der Waals surface area contributed by atoms with Gasteiger partial charge in [0.15, 0.2) is 0 Å². The van der Waals surface area contributed by atoms with Crippen molar-refractivity contribution < 1.29 is 22.5 Å². The Morgan fingerprint density at radius 1 is 1.13 bits per heavy atom. The predicted octanol–water partition coefficient (Wildman–Crippen LogP) is 3.87. The van der Waals surface area contributed by atoms with Gasteiger partial charge in [-0.1, -0.05) is 17.3 Å². The number of benzene rings is 1. The molecule has 11 heteroatoms. The smallest absolute Gasteiger partial charge is 0.338 e. The maximum atomic E-state index is 12.9. The molecule has 0 spiro atoms. The Bertz CT molecular complexity index is 1080. The van der Waals surface area contributed by atoms with Crippen LogP contribution in [0.2, 0.25) is 0 Å². The van der Waals surface area contributed by atoms with E-state index in [2.05, 4.69) is 31.1 Å². The zero-order valence-electron chi connectivity index (χ0n) is 16.1. The van der Waals surface area contributed by atoms with Crippen LogP contribution in [-0.4, -0.2) is 57.0 Å². The first-order valence-corrected chi connectivity index (χ1v) is 10.2. The molecule has 0 radical (unpaired) electrons. The molecule has 3 heterocycles. The predicted molar refractivity (Wildman–Crippen MR) is 108 cm³/mol. The van der Waals surface area contributed by atoms with E-state index in [-0.39, 0.29) is 17.3 Å². The molecule has 1 amide bonds. The third-order valence-corrected chi connectivity index (χ3v) is 5.32. The summed E-state index contributed by atoms with van der Waals surface area (Å²) in [6.07, 6.45) is -1.29. The van der Waals surface area contributed by atoms with E-state index in [9.17, 15) is 18.0 Å². The molecule has 0 aliphatic carbocycles. The van der Waals surface area contributed by atoms with Crippen molar-refractivity contribution in [2.75, 3.05) is 26.2 Å². The van der Waals surface area contributed by atoms with E-state index < -0.39 is 11.7 Å². The number of rotatable bonds is 4. The SMILES string of the molecule is O=C(c1cncc(Br)c1)N1CCN(Cc2nc(-c3cccc(C(F)(F)F)c3)no2)CC1. The molecule has 1 aromatic carbocycles. The number of carbonyl (C=O) groups is 1. The van der Waals surface area contributed by atoms with E-state index in [1.54, 1.807) is 17.2 Å². The molecule has 7 nitrogen and oxygen atoms in total. The van der Waals surface area contributed by atoms with Crippen LogP contribution in [0.25, 0.3) is 11.4 Å². The summed E-state index contributed by atoms with van der Waals surface area (Å²) in [5, 5.41) is 3.81. The topological polar surface area (TPSA) is 75.4 Å². The van der Waals surface area contributed by atoms with Crippen LogP contribution in [0.3, 0.4) is 0 Å². The number of alkyl halides is 3. The minimum atomic E-state index is -4.44. The first-order valence-electron chi connectivity index (χ1n) is 9.42. The zero-order chi connectivity index (χ0) is 22.0. The van der Waals surface area contributed by atoms with Crippen molar-refractivity contribution in [3.05, 3.63) is 64.2 Å². The number of hydrogen-bond acceptors (Lipinski definition) is 6. The molecule has 0 saturated carbocycles. The number of carbonyl (C=O) groups excluding carboxylic acids is 1. The zero-order valence-corrected chi connectivity index (χ0v) is 17.7. The van der Waals surface area contributed by atoms with Gasteiger partial charge in [0, 0.05) is 48.6 Å². The highest BCUT2D eigenvalue weighted by molar-refractivity contribution is 9.10. The second-order valence-corrected chi connectivity index (χ2v) is 7.97. The van der Waals surface area contributed by atoms with E-state index in [1.165, 1.54) is 18.3 Å².